The maximum atomic E-state index is 13.1. The number of hydrogen-bond acceptors (Lipinski definition) is 4. The number of sulfonamides is 1. The zero-order valence-electron chi connectivity index (χ0n) is 17.5. The molecule has 2 amide bonds. The molecule has 2 aromatic carbocycles. The fourth-order valence-corrected chi connectivity index (χ4v) is 4.58. The molecule has 1 atom stereocenters. The van der Waals surface area contributed by atoms with Gasteiger partial charge in [0.25, 0.3) is 0 Å². The van der Waals surface area contributed by atoms with Gasteiger partial charge in [-0.3, -0.25) is 9.59 Å². The van der Waals surface area contributed by atoms with Crippen LogP contribution >= 0.6 is 27.5 Å². The van der Waals surface area contributed by atoms with E-state index in [2.05, 4.69) is 21.2 Å². The second-order valence-corrected chi connectivity index (χ2v) is 10.3. The van der Waals surface area contributed by atoms with Crippen LogP contribution < -0.4 is 5.32 Å². The molecule has 0 bridgehead atoms. The molecule has 31 heavy (non-hydrogen) atoms. The van der Waals surface area contributed by atoms with Gasteiger partial charge in [0.2, 0.25) is 21.8 Å². The lowest BCUT2D eigenvalue weighted by atomic mass is 10.1. The zero-order valence-corrected chi connectivity index (χ0v) is 20.7. The molecule has 2 aromatic rings. The van der Waals surface area contributed by atoms with E-state index in [9.17, 15) is 18.0 Å². The predicted octanol–water partition coefficient (Wildman–Crippen LogP) is 3.28. The molecule has 0 fully saturated rings. The minimum atomic E-state index is -3.90. The second-order valence-electron chi connectivity index (χ2n) is 6.94. The van der Waals surface area contributed by atoms with Gasteiger partial charge in [-0.15, -0.1) is 0 Å². The minimum absolute atomic E-state index is 0.0301. The molecule has 1 N–H and O–H groups in total. The van der Waals surface area contributed by atoms with Gasteiger partial charge >= 0.3 is 0 Å². The first-order chi connectivity index (χ1) is 14.6. The third kappa shape index (κ3) is 6.77. The van der Waals surface area contributed by atoms with Crippen LogP contribution in [0, 0.1) is 0 Å². The number of benzene rings is 2. The smallest absolute Gasteiger partial charge is 0.243 e. The summed E-state index contributed by atoms with van der Waals surface area (Å²) in [5.74, 6) is -0.798. The average molecular weight is 531 g/mol. The van der Waals surface area contributed by atoms with E-state index in [1.807, 2.05) is 24.3 Å². The first-order valence-corrected chi connectivity index (χ1v) is 12.2. The first-order valence-electron chi connectivity index (χ1n) is 9.59. The van der Waals surface area contributed by atoms with Gasteiger partial charge in [0.15, 0.2) is 0 Å². The summed E-state index contributed by atoms with van der Waals surface area (Å²) in [6.45, 7) is 3.58. The Morgan fingerprint density at radius 1 is 1.16 bits per heavy atom. The van der Waals surface area contributed by atoms with Crippen LogP contribution in [0.3, 0.4) is 0 Å². The summed E-state index contributed by atoms with van der Waals surface area (Å²) in [4.78, 5) is 27.0. The Hall–Kier alpha value is -1.94. The highest BCUT2D eigenvalue weighted by atomic mass is 79.9. The Kier molecular flexibility index (Phi) is 9.05. The van der Waals surface area contributed by atoms with E-state index < -0.39 is 28.5 Å². The summed E-state index contributed by atoms with van der Waals surface area (Å²) in [7, 11) is -2.57. The number of nitrogens with one attached hydrogen (secondary N) is 1. The van der Waals surface area contributed by atoms with Crippen LogP contribution in [-0.4, -0.2) is 55.6 Å². The van der Waals surface area contributed by atoms with Gasteiger partial charge in [0, 0.05) is 29.6 Å². The van der Waals surface area contributed by atoms with Crippen molar-refractivity contribution in [1.82, 2.24) is 14.5 Å². The molecule has 0 heterocycles. The van der Waals surface area contributed by atoms with Gasteiger partial charge in [-0.2, -0.15) is 4.31 Å². The van der Waals surface area contributed by atoms with Crippen LogP contribution in [0.4, 0.5) is 0 Å². The summed E-state index contributed by atoms with van der Waals surface area (Å²) in [6.07, 6.45) is 0. The number of hydrogen-bond donors (Lipinski definition) is 1. The number of halogens is 2. The number of rotatable bonds is 9. The van der Waals surface area contributed by atoms with Gasteiger partial charge in [-0.25, -0.2) is 8.42 Å². The second kappa shape index (κ2) is 11.1. The molecule has 10 heteroatoms. The minimum Gasteiger partial charge on any atom is -0.355 e. The van der Waals surface area contributed by atoms with Gasteiger partial charge in [-0.05, 0) is 55.8 Å². The zero-order chi connectivity index (χ0) is 23.2. The van der Waals surface area contributed by atoms with Gasteiger partial charge in [0.05, 0.1) is 11.4 Å². The van der Waals surface area contributed by atoms with E-state index in [0.717, 1.165) is 14.3 Å². The quantitative estimate of drug-likeness (QED) is 0.539. The van der Waals surface area contributed by atoms with Crippen molar-refractivity contribution in [3.05, 3.63) is 63.6 Å². The van der Waals surface area contributed by atoms with Crippen molar-refractivity contribution < 1.29 is 18.0 Å². The van der Waals surface area contributed by atoms with Crippen LogP contribution in [0.2, 0.25) is 5.02 Å². The Morgan fingerprint density at radius 3 is 2.39 bits per heavy atom. The van der Waals surface area contributed by atoms with Crippen LogP contribution in [0.1, 0.15) is 19.4 Å². The third-order valence-electron chi connectivity index (χ3n) is 4.64. The van der Waals surface area contributed by atoms with Crippen LogP contribution in [0.25, 0.3) is 0 Å². The molecule has 7 nitrogen and oxygen atoms in total. The van der Waals surface area contributed by atoms with Gasteiger partial charge in [-0.1, -0.05) is 39.7 Å². The Labute approximate surface area is 196 Å². The molecular weight excluding hydrogens is 506 g/mol. The van der Waals surface area contributed by atoms with Crippen molar-refractivity contribution in [1.29, 1.82) is 0 Å². The monoisotopic (exact) mass is 529 g/mol. The van der Waals surface area contributed by atoms with Crippen molar-refractivity contribution in [2.45, 2.75) is 31.3 Å². The number of carbonyl (C=O) groups excluding carboxylic acids is 2. The number of amides is 2. The normalized spacial score (nSPS) is 12.5. The maximum absolute atomic E-state index is 13.1. The molecule has 0 spiro atoms. The van der Waals surface area contributed by atoms with E-state index in [-0.39, 0.29) is 17.3 Å². The standard InChI is InChI=1S/C21H25BrClN3O4S/c1-4-24-21(28)15(2)26(13-16-6-5-7-17(22)12-16)20(27)14-25(3)31(29,30)19-10-8-18(23)9-11-19/h5-12,15H,4,13-14H2,1-3H3,(H,24,28). The number of carbonyl (C=O) groups is 2. The van der Waals surface area contributed by atoms with Crippen molar-refractivity contribution in [3.8, 4) is 0 Å². The number of nitrogens with zero attached hydrogens (tertiary/aromatic N) is 2. The summed E-state index contributed by atoms with van der Waals surface area (Å²) < 4.78 is 27.5. The lowest BCUT2D eigenvalue weighted by Crippen LogP contribution is -2.50. The summed E-state index contributed by atoms with van der Waals surface area (Å²) in [5.41, 5.74) is 0.807. The Balaban J connectivity index is 2.26. The topological polar surface area (TPSA) is 86.8 Å². The summed E-state index contributed by atoms with van der Waals surface area (Å²) in [5, 5.41) is 3.12. The fourth-order valence-electron chi connectivity index (χ4n) is 2.89. The van der Waals surface area contributed by atoms with E-state index in [1.165, 1.54) is 36.2 Å². The van der Waals surface area contributed by atoms with Crippen molar-refractivity contribution in [2.24, 2.45) is 0 Å². The molecule has 0 aliphatic heterocycles. The van der Waals surface area contributed by atoms with E-state index in [0.29, 0.717) is 11.6 Å². The van der Waals surface area contributed by atoms with E-state index in [1.54, 1.807) is 13.8 Å². The Bertz CT molecular complexity index is 1030. The molecule has 1 unspecified atom stereocenters. The van der Waals surface area contributed by atoms with E-state index in [4.69, 9.17) is 11.6 Å². The first kappa shape index (κ1) is 25.3. The van der Waals surface area contributed by atoms with Crippen LogP contribution in [0.15, 0.2) is 57.9 Å². The van der Waals surface area contributed by atoms with Crippen LogP contribution in [-0.2, 0) is 26.2 Å². The highest BCUT2D eigenvalue weighted by Gasteiger charge is 2.30. The number of likely N-dealkylation sites (N-methyl/N-ethyl adjacent to an activating group) is 2. The molecule has 0 saturated heterocycles. The Morgan fingerprint density at radius 2 is 1.81 bits per heavy atom. The largest absolute Gasteiger partial charge is 0.355 e. The predicted molar refractivity (Wildman–Crippen MR) is 124 cm³/mol. The third-order valence-corrected chi connectivity index (χ3v) is 7.20. The highest BCUT2D eigenvalue weighted by molar-refractivity contribution is 9.10. The van der Waals surface area contributed by atoms with Crippen molar-refractivity contribution in [2.75, 3.05) is 20.1 Å². The molecule has 0 radical (unpaired) electrons. The molecule has 168 valence electrons. The van der Waals surface area contributed by atoms with Gasteiger partial charge in [0.1, 0.15) is 6.04 Å². The maximum Gasteiger partial charge on any atom is 0.243 e. The van der Waals surface area contributed by atoms with E-state index >= 15 is 0 Å². The van der Waals surface area contributed by atoms with Crippen molar-refractivity contribution >= 4 is 49.4 Å². The van der Waals surface area contributed by atoms with Crippen molar-refractivity contribution in [3.63, 3.8) is 0 Å². The molecule has 0 aliphatic carbocycles. The lowest BCUT2D eigenvalue weighted by Gasteiger charge is -2.30. The fraction of sp³-hybridized carbons (Fsp3) is 0.333. The lowest BCUT2D eigenvalue weighted by molar-refractivity contribution is -0.140. The molecular formula is C21H25BrClN3O4S. The highest BCUT2D eigenvalue weighted by Crippen LogP contribution is 2.19. The molecule has 0 saturated carbocycles. The summed E-state index contributed by atoms with van der Waals surface area (Å²) >= 11 is 9.23. The SMILES string of the molecule is CCNC(=O)C(C)N(Cc1cccc(Br)c1)C(=O)CN(C)S(=O)(=O)c1ccc(Cl)cc1. The summed E-state index contributed by atoms with van der Waals surface area (Å²) in [6, 6.07) is 12.3. The van der Waals surface area contributed by atoms with Crippen LogP contribution in [0.5, 0.6) is 0 Å². The molecule has 0 aromatic heterocycles. The van der Waals surface area contributed by atoms with Gasteiger partial charge < -0.3 is 10.2 Å². The molecule has 0 aliphatic rings. The average Bonchev–Trinajstić information content (AvgIpc) is 2.72. The molecule has 2 rings (SSSR count).